The number of rotatable bonds is 14. The van der Waals surface area contributed by atoms with Gasteiger partial charge in [0, 0.05) is 12.8 Å². The SMILES string of the molecule is CC(NC(=O)C(N)CC(=O)O)C(=O)NC(Cc1ccccc1)C(=O)NC(CCC(=O)O)C(=O)O. The van der Waals surface area contributed by atoms with Gasteiger partial charge in [-0.25, -0.2) is 4.79 Å². The summed E-state index contributed by atoms with van der Waals surface area (Å²) in [5, 5.41) is 33.7. The highest BCUT2D eigenvalue weighted by Crippen LogP contribution is 2.06. The zero-order chi connectivity index (χ0) is 25.8. The summed E-state index contributed by atoms with van der Waals surface area (Å²) >= 11 is 0. The largest absolute Gasteiger partial charge is 0.481 e. The van der Waals surface area contributed by atoms with Gasteiger partial charge in [-0.15, -0.1) is 0 Å². The maximum atomic E-state index is 12.8. The van der Waals surface area contributed by atoms with Crippen LogP contribution in [-0.2, 0) is 35.2 Å². The Morgan fingerprint density at radius 2 is 1.41 bits per heavy atom. The average molecular weight is 480 g/mol. The van der Waals surface area contributed by atoms with Gasteiger partial charge in [-0.3, -0.25) is 24.0 Å². The van der Waals surface area contributed by atoms with Crippen molar-refractivity contribution in [3.63, 3.8) is 0 Å². The van der Waals surface area contributed by atoms with Gasteiger partial charge in [0.05, 0.1) is 12.5 Å². The maximum absolute atomic E-state index is 12.8. The van der Waals surface area contributed by atoms with E-state index in [0.29, 0.717) is 5.56 Å². The molecular formula is C21H28N4O9. The quantitative estimate of drug-likeness (QED) is 0.162. The first-order valence-corrected chi connectivity index (χ1v) is 10.3. The summed E-state index contributed by atoms with van der Waals surface area (Å²) in [5.41, 5.74) is 6.10. The predicted octanol–water partition coefficient (Wildman–Crippen LogP) is -1.55. The van der Waals surface area contributed by atoms with Crippen molar-refractivity contribution in [3.05, 3.63) is 35.9 Å². The lowest BCUT2D eigenvalue weighted by molar-refractivity contribution is -0.143. The zero-order valence-corrected chi connectivity index (χ0v) is 18.4. The van der Waals surface area contributed by atoms with Crippen molar-refractivity contribution in [1.29, 1.82) is 0 Å². The fraction of sp³-hybridized carbons (Fsp3) is 0.429. The Hall–Kier alpha value is -4.00. The molecular weight excluding hydrogens is 452 g/mol. The monoisotopic (exact) mass is 480 g/mol. The molecule has 8 N–H and O–H groups in total. The van der Waals surface area contributed by atoms with Gasteiger partial charge in [0.25, 0.3) is 0 Å². The molecule has 0 spiro atoms. The van der Waals surface area contributed by atoms with Crippen LogP contribution in [0.25, 0.3) is 0 Å². The molecule has 0 aliphatic rings. The third kappa shape index (κ3) is 10.1. The van der Waals surface area contributed by atoms with Crippen LogP contribution < -0.4 is 21.7 Å². The van der Waals surface area contributed by atoms with Gasteiger partial charge in [0.2, 0.25) is 17.7 Å². The molecule has 0 bridgehead atoms. The van der Waals surface area contributed by atoms with Gasteiger partial charge in [-0.05, 0) is 18.9 Å². The number of benzene rings is 1. The highest BCUT2D eigenvalue weighted by molar-refractivity contribution is 5.94. The number of carboxylic acid groups (broad SMARTS) is 3. The Morgan fingerprint density at radius 3 is 1.94 bits per heavy atom. The first-order valence-electron chi connectivity index (χ1n) is 10.3. The van der Waals surface area contributed by atoms with Crippen molar-refractivity contribution in [1.82, 2.24) is 16.0 Å². The molecule has 4 unspecified atom stereocenters. The third-order valence-electron chi connectivity index (χ3n) is 4.66. The Bertz CT molecular complexity index is 907. The lowest BCUT2D eigenvalue weighted by atomic mass is 10.0. The lowest BCUT2D eigenvalue weighted by Crippen LogP contribution is -2.57. The summed E-state index contributed by atoms with van der Waals surface area (Å²) < 4.78 is 0. The van der Waals surface area contributed by atoms with E-state index in [1.54, 1.807) is 30.3 Å². The molecule has 0 aromatic heterocycles. The molecule has 0 saturated heterocycles. The molecule has 0 saturated carbocycles. The summed E-state index contributed by atoms with van der Waals surface area (Å²) in [5.74, 6) is -6.52. The van der Waals surface area contributed by atoms with Crippen LogP contribution in [0.3, 0.4) is 0 Å². The fourth-order valence-electron chi connectivity index (χ4n) is 2.82. The van der Waals surface area contributed by atoms with Gasteiger partial charge < -0.3 is 37.0 Å². The van der Waals surface area contributed by atoms with Crippen LogP contribution in [0.2, 0.25) is 0 Å². The van der Waals surface area contributed by atoms with E-state index in [1.165, 1.54) is 6.92 Å². The van der Waals surface area contributed by atoms with E-state index in [1.807, 2.05) is 0 Å². The van der Waals surface area contributed by atoms with Crippen molar-refractivity contribution in [2.75, 3.05) is 0 Å². The summed E-state index contributed by atoms with van der Waals surface area (Å²) in [6.45, 7) is 1.30. The molecule has 4 atom stereocenters. The van der Waals surface area contributed by atoms with Crippen molar-refractivity contribution >= 4 is 35.6 Å². The van der Waals surface area contributed by atoms with E-state index < -0.39 is 72.6 Å². The topological polar surface area (TPSA) is 225 Å². The molecule has 13 nitrogen and oxygen atoms in total. The minimum atomic E-state index is -1.50. The molecule has 0 heterocycles. The van der Waals surface area contributed by atoms with Crippen molar-refractivity contribution in [2.24, 2.45) is 5.73 Å². The Kier molecular flexibility index (Phi) is 11.2. The van der Waals surface area contributed by atoms with E-state index in [9.17, 15) is 33.9 Å². The normalized spacial score (nSPS) is 14.1. The molecule has 0 fully saturated rings. The van der Waals surface area contributed by atoms with Crippen LogP contribution in [0.5, 0.6) is 0 Å². The van der Waals surface area contributed by atoms with Gasteiger partial charge in [-0.2, -0.15) is 0 Å². The Labute approximate surface area is 194 Å². The smallest absolute Gasteiger partial charge is 0.326 e. The number of nitrogens with two attached hydrogens (primary N) is 1. The van der Waals surface area contributed by atoms with Crippen molar-refractivity contribution < 1.29 is 44.1 Å². The van der Waals surface area contributed by atoms with Crippen LogP contribution in [0.4, 0.5) is 0 Å². The number of hydrogen-bond acceptors (Lipinski definition) is 7. The number of hydrogen-bond donors (Lipinski definition) is 7. The molecule has 1 aromatic rings. The number of carbonyl (C=O) groups is 6. The highest BCUT2D eigenvalue weighted by Gasteiger charge is 2.29. The highest BCUT2D eigenvalue weighted by atomic mass is 16.4. The summed E-state index contributed by atoms with van der Waals surface area (Å²) in [7, 11) is 0. The minimum absolute atomic E-state index is 0.0249. The van der Waals surface area contributed by atoms with Gasteiger partial charge >= 0.3 is 17.9 Å². The number of amides is 3. The van der Waals surface area contributed by atoms with E-state index in [0.717, 1.165) is 0 Å². The maximum Gasteiger partial charge on any atom is 0.326 e. The molecule has 1 rings (SSSR count). The summed E-state index contributed by atoms with van der Waals surface area (Å²) in [6, 6.07) is 3.17. The molecule has 13 heteroatoms. The molecule has 1 aromatic carbocycles. The Morgan fingerprint density at radius 1 is 0.824 bits per heavy atom. The minimum Gasteiger partial charge on any atom is -0.481 e. The predicted molar refractivity (Wildman–Crippen MR) is 116 cm³/mol. The van der Waals surface area contributed by atoms with Crippen LogP contribution in [0, 0.1) is 0 Å². The number of nitrogens with one attached hydrogen (secondary N) is 3. The zero-order valence-electron chi connectivity index (χ0n) is 18.4. The molecule has 34 heavy (non-hydrogen) atoms. The standard InChI is InChI=1S/C21H28N4O9/c1-11(23-19(31)13(22)10-17(28)29)18(30)25-15(9-12-5-3-2-4-6-12)20(32)24-14(21(33)34)7-8-16(26)27/h2-6,11,13-15H,7-10,22H2,1H3,(H,23,31)(H,24,32)(H,25,30)(H,26,27)(H,28,29)(H,33,34). The first-order chi connectivity index (χ1) is 15.9. The number of carboxylic acids is 3. The third-order valence-corrected chi connectivity index (χ3v) is 4.66. The average Bonchev–Trinajstić information content (AvgIpc) is 2.75. The van der Waals surface area contributed by atoms with Crippen molar-refractivity contribution in [2.45, 2.75) is 56.8 Å². The van der Waals surface area contributed by atoms with E-state index in [-0.39, 0.29) is 12.8 Å². The van der Waals surface area contributed by atoms with Crippen LogP contribution >= 0.6 is 0 Å². The number of carbonyl (C=O) groups excluding carboxylic acids is 3. The second-order valence-electron chi connectivity index (χ2n) is 7.52. The van der Waals surface area contributed by atoms with Gasteiger partial charge in [0.1, 0.15) is 18.1 Å². The van der Waals surface area contributed by atoms with Crippen LogP contribution in [-0.4, -0.2) is 75.1 Å². The molecule has 0 aliphatic heterocycles. The Balaban J connectivity index is 2.94. The fourth-order valence-corrected chi connectivity index (χ4v) is 2.82. The molecule has 186 valence electrons. The van der Waals surface area contributed by atoms with Gasteiger partial charge in [-0.1, -0.05) is 30.3 Å². The van der Waals surface area contributed by atoms with E-state index in [4.69, 9.17) is 15.9 Å². The molecule has 0 radical (unpaired) electrons. The van der Waals surface area contributed by atoms with E-state index in [2.05, 4.69) is 16.0 Å². The first kappa shape index (κ1) is 28.0. The van der Waals surface area contributed by atoms with Crippen LogP contribution in [0.15, 0.2) is 30.3 Å². The summed E-state index contributed by atoms with van der Waals surface area (Å²) in [6.07, 6.45) is -1.53. The van der Waals surface area contributed by atoms with Crippen LogP contribution in [0.1, 0.15) is 31.7 Å². The van der Waals surface area contributed by atoms with Crippen molar-refractivity contribution in [3.8, 4) is 0 Å². The number of aliphatic carboxylic acids is 3. The lowest BCUT2D eigenvalue weighted by Gasteiger charge is -2.23. The second kappa shape index (κ2) is 13.5. The summed E-state index contributed by atoms with van der Waals surface area (Å²) in [4.78, 5) is 70.3. The van der Waals surface area contributed by atoms with Gasteiger partial charge in [0.15, 0.2) is 0 Å². The van der Waals surface area contributed by atoms with E-state index >= 15 is 0 Å². The second-order valence-corrected chi connectivity index (χ2v) is 7.52. The molecule has 3 amide bonds. The molecule has 0 aliphatic carbocycles.